The summed E-state index contributed by atoms with van der Waals surface area (Å²) in [7, 11) is 0. The molecule has 1 amide bonds. The molecule has 1 aliphatic rings. The summed E-state index contributed by atoms with van der Waals surface area (Å²) in [5.74, 6) is 0.584. The summed E-state index contributed by atoms with van der Waals surface area (Å²) < 4.78 is 16.9. The lowest BCUT2D eigenvalue weighted by atomic mass is 10.1. The standard InChI is InChI=1S/C17H26N2O4/c1-5-15-18-12(4)16(23-15)17(20)19-13-10-21-8-7-14(13)22-9-6-11(2)3/h6,13-14H,5,7-10H2,1-4H3,(H,19,20)/t13-,14+/m0/s1. The number of aryl methyl sites for hydroxylation is 2. The molecule has 1 aromatic heterocycles. The van der Waals surface area contributed by atoms with E-state index in [9.17, 15) is 4.79 Å². The molecular formula is C17H26N2O4. The van der Waals surface area contributed by atoms with Crippen molar-refractivity contribution in [2.45, 2.75) is 52.7 Å². The zero-order valence-electron chi connectivity index (χ0n) is 14.3. The number of nitrogens with one attached hydrogen (secondary N) is 1. The zero-order chi connectivity index (χ0) is 16.8. The molecule has 0 aromatic carbocycles. The van der Waals surface area contributed by atoms with Crippen molar-refractivity contribution in [3.05, 3.63) is 29.0 Å². The fourth-order valence-corrected chi connectivity index (χ4v) is 2.44. The van der Waals surface area contributed by atoms with Crippen molar-refractivity contribution < 1.29 is 18.7 Å². The van der Waals surface area contributed by atoms with Crippen LogP contribution in [0.25, 0.3) is 0 Å². The van der Waals surface area contributed by atoms with E-state index in [1.54, 1.807) is 6.92 Å². The summed E-state index contributed by atoms with van der Waals surface area (Å²) in [5, 5.41) is 2.96. The number of hydrogen-bond acceptors (Lipinski definition) is 5. The zero-order valence-corrected chi connectivity index (χ0v) is 14.3. The smallest absolute Gasteiger partial charge is 0.289 e. The van der Waals surface area contributed by atoms with Gasteiger partial charge in [0.1, 0.15) is 0 Å². The highest BCUT2D eigenvalue weighted by Gasteiger charge is 2.29. The fourth-order valence-electron chi connectivity index (χ4n) is 2.44. The number of aromatic nitrogens is 1. The number of carbonyl (C=O) groups excluding carboxylic acids is 1. The Bertz CT molecular complexity index is 561. The molecule has 1 fully saturated rings. The maximum absolute atomic E-state index is 12.4. The van der Waals surface area contributed by atoms with Crippen LogP contribution in [0.15, 0.2) is 16.1 Å². The lowest BCUT2D eigenvalue weighted by Crippen LogP contribution is -2.50. The van der Waals surface area contributed by atoms with Crippen molar-refractivity contribution in [1.29, 1.82) is 0 Å². The van der Waals surface area contributed by atoms with Gasteiger partial charge in [0.15, 0.2) is 5.89 Å². The van der Waals surface area contributed by atoms with Crippen molar-refractivity contribution in [1.82, 2.24) is 10.3 Å². The van der Waals surface area contributed by atoms with E-state index in [0.29, 0.717) is 37.8 Å². The molecule has 0 aliphatic carbocycles. The SMILES string of the molecule is CCc1nc(C)c(C(=O)N[C@H]2COCC[C@H]2OCC=C(C)C)o1. The van der Waals surface area contributed by atoms with Crippen LogP contribution in [0.3, 0.4) is 0 Å². The molecule has 6 nitrogen and oxygen atoms in total. The van der Waals surface area contributed by atoms with E-state index in [1.807, 2.05) is 26.8 Å². The number of allylic oxidation sites excluding steroid dienone is 1. The summed E-state index contributed by atoms with van der Waals surface area (Å²) in [6, 6.07) is -0.184. The Morgan fingerprint density at radius 1 is 1.48 bits per heavy atom. The van der Waals surface area contributed by atoms with E-state index < -0.39 is 0 Å². The van der Waals surface area contributed by atoms with Gasteiger partial charge in [-0.3, -0.25) is 4.79 Å². The number of amides is 1. The van der Waals surface area contributed by atoms with Gasteiger partial charge in [0.05, 0.1) is 31.1 Å². The summed E-state index contributed by atoms with van der Waals surface area (Å²) >= 11 is 0. The van der Waals surface area contributed by atoms with E-state index >= 15 is 0 Å². The van der Waals surface area contributed by atoms with Gasteiger partial charge >= 0.3 is 0 Å². The van der Waals surface area contributed by atoms with Crippen LogP contribution in [0.4, 0.5) is 0 Å². The van der Waals surface area contributed by atoms with E-state index in [-0.39, 0.29) is 23.8 Å². The van der Waals surface area contributed by atoms with Crippen LogP contribution in [0.5, 0.6) is 0 Å². The number of rotatable bonds is 6. The Morgan fingerprint density at radius 2 is 2.26 bits per heavy atom. The minimum Gasteiger partial charge on any atom is -0.435 e. The van der Waals surface area contributed by atoms with Crippen LogP contribution in [-0.2, 0) is 15.9 Å². The third-order valence-corrected chi connectivity index (χ3v) is 3.76. The van der Waals surface area contributed by atoms with Crippen molar-refractivity contribution in [3.63, 3.8) is 0 Å². The molecule has 1 aromatic rings. The Kier molecular flexibility index (Phi) is 6.36. The molecule has 0 bridgehead atoms. The Hall–Kier alpha value is -1.66. The molecule has 128 valence electrons. The van der Waals surface area contributed by atoms with Gasteiger partial charge in [-0.1, -0.05) is 18.6 Å². The molecule has 2 heterocycles. The summed E-state index contributed by atoms with van der Waals surface area (Å²) in [5.41, 5.74) is 1.82. The second-order valence-electron chi connectivity index (χ2n) is 5.97. The molecule has 6 heteroatoms. The molecule has 2 atom stereocenters. The minimum atomic E-state index is -0.263. The van der Waals surface area contributed by atoms with Gasteiger partial charge in [0.2, 0.25) is 5.76 Å². The number of oxazole rings is 1. The number of ether oxygens (including phenoxy) is 2. The van der Waals surface area contributed by atoms with Crippen molar-refractivity contribution in [2.24, 2.45) is 0 Å². The predicted octanol–water partition coefficient (Wildman–Crippen LogP) is 2.42. The third kappa shape index (κ3) is 4.91. The second kappa shape index (κ2) is 8.26. The van der Waals surface area contributed by atoms with Crippen molar-refractivity contribution in [3.8, 4) is 0 Å². The fraction of sp³-hybridized carbons (Fsp3) is 0.647. The average Bonchev–Trinajstić information content (AvgIpc) is 2.90. The molecule has 2 rings (SSSR count). The molecular weight excluding hydrogens is 296 g/mol. The molecule has 1 saturated heterocycles. The number of hydrogen-bond donors (Lipinski definition) is 1. The second-order valence-corrected chi connectivity index (χ2v) is 5.97. The summed E-state index contributed by atoms with van der Waals surface area (Å²) in [6.07, 6.45) is 3.39. The van der Waals surface area contributed by atoms with E-state index in [2.05, 4.69) is 10.3 Å². The molecule has 23 heavy (non-hydrogen) atoms. The molecule has 0 radical (unpaired) electrons. The van der Waals surface area contributed by atoms with Crippen molar-refractivity contribution >= 4 is 5.91 Å². The van der Waals surface area contributed by atoms with Gasteiger partial charge in [-0.05, 0) is 27.2 Å². The van der Waals surface area contributed by atoms with E-state index in [4.69, 9.17) is 13.9 Å². The molecule has 1 N–H and O–H groups in total. The predicted molar refractivity (Wildman–Crippen MR) is 86.5 cm³/mol. The maximum Gasteiger partial charge on any atom is 0.289 e. The molecule has 1 aliphatic heterocycles. The van der Waals surface area contributed by atoms with Crippen LogP contribution in [0.1, 0.15) is 49.3 Å². The first-order chi connectivity index (χ1) is 11.0. The van der Waals surface area contributed by atoms with Gasteiger partial charge in [0, 0.05) is 13.0 Å². The number of carbonyl (C=O) groups is 1. The molecule has 0 unspecified atom stereocenters. The van der Waals surface area contributed by atoms with Crippen LogP contribution >= 0.6 is 0 Å². The van der Waals surface area contributed by atoms with Crippen molar-refractivity contribution in [2.75, 3.05) is 19.8 Å². The molecule has 0 spiro atoms. The first kappa shape index (κ1) is 17.7. The first-order valence-corrected chi connectivity index (χ1v) is 8.11. The Balaban J connectivity index is 1.98. The first-order valence-electron chi connectivity index (χ1n) is 8.11. The van der Waals surface area contributed by atoms with Gasteiger partial charge in [-0.15, -0.1) is 0 Å². The normalized spacial score (nSPS) is 21.0. The number of nitrogens with zero attached hydrogens (tertiary/aromatic N) is 1. The molecule has 0 saturated carbocycles. The largest absolute Gasteiger partial charge is 0.435 e. The van der Waals surface area contributed by atoms with Crippen LogP contribution < -0.4 is 5.32 Å². The van der Waals surface area contributed by atoms with E-state index in [0.717, 1.165) is 6.42 Å². The highest BCUT2D eigenvalue weighted by molar-refractivity contribution is 5.92. The summed E-state index contributed by atoms with van der Waals surface area (Å²) in [4.78, 5) is 16.7. The Labute approximate surface area is 137 Å². The lowest BCUT2D eigenvalue weighted by Gasteiger charge is -2.31. The average molecular weight is 322 g/mol. The minimum absolute atomic E-state index is 0.0582. The van der Waals surface area contributed by atoms with Gasteiger partial charge in [-0.2, -0.15) is 0 Å². The highest BCUT2D eigenvalue weighted by Crippen LogP contribution is 2.15. The lowest BCUT2D eigenvalue weighted by molar-refractivity contribution is -0.0459. The van der Waals surface area contributed by atoms with Crippen LogP contribution in [0, 0.1) is 6.92 Å². The van der Waals surface area contributed by atoms with Gasteiger partial charge < -0.3 is 19.2 Å². The van der Waals surface area contributed by atoms with Crippen LogP contribution in [0.2, 0.25) is 0 Å². The monoisotopic (exact) mass is 322 g/mol. The maximum atomic E-state index is 12.4. The quantitative estimate of drug-likeness (QED) is 0.814. The third-order valence-electron chi connectivity index (χ3n) is 3.76. The van der Waals surface area contributed by atoms with E-state index in [1.165, 1.54) is 5.57 Å². The van der Waals surface area contributed by atoms with Gasteiger partial charge in [0.25, 0.3) is 5.91 Å². The van der Waals surface area contributed by atoms with Gasteiger partial charge in [-0.25, -0.2) is 4.98 Å². The topological polar surface area (TPSA) is 73.6 Å². The Morgan fingerprint density at radius 3 is 2.91 bits per heavy atom. The van der Waals surface area contributed by atoms with Crippen LogP contribution in [-0.4, -0.2) is 42.9 Å². The summed E-state index contributed by atoms with van der Waals surface area (Å²) in [6.45, 7) is 9.41. The highest BCUT2D eigenvalue weighted by atomic mass is 16.5.